The maximum absolute atomic E-state index is 2.78. The molecule has 0 bridgehead atoms. The average molecular weight is 473 g/mol. The smallest absolute Gasteiger partial charge is 0.246 e. The normalized spacial score (nSPS) is 22.9. The van der Waals surface area contributed by atoms with Crippen molar-refractivity contribution in [3.05, 3.63) is 0 Å². The minimum absolute atomic E-state index is 0.361. The van der Waals surface area contributed by atoms with Crippen LogP contribution in [0, 0.1) is 10.8 Å². The van der Waals surface area contributed by atoms with Gasteiger partial charge in [-0.25, -0.2) is 0 Å². The van der Waals surface area contributed by atoms with Crippen LogP contribution in [0.15, 0.2) is 0 Å². The van der Waals surface area contributed by atoms with Gasteiger partial charge in [0.05, 0.1) is 52.4 Å². The number of rotatable bonds is 8. The molecule has 4 heterocycles. The van der Waals surface area contributed by atoms with Crippen LogP contribution in [0.3, 0.4) is 0 Å². The zero-order valence-electron chi connectivity index (χ0n) is 23.3. The van der Waals surface area contributed by atoms with E-state index in [1.54, 1.807) is 11.7 Å². The van der Waals surface area contributed by atoms with Gasteiger partial charge in [-0.2, -0.15) is 0 Å². The van der Waals surface area contributed by atoms with Crippen molar-refractivity contribution in [2.75, 3.05) is 52.4 Å². The Morgan fingerprint density at radius 1 is 0.588 bits per heavy atom. The van der Waals surface area contributed by atoms with Crippen LogP contribution in [0.25, 0.3) is 0 Å². The highest BCUT2D eigenvalue weighted by Crippen LogP contribution is 2.46. The maximum Gasteiger partial charge on any atom is 0.246 e. The molecule has 0 amide bonds. The first-order valence-corrected chi connectivity index (χ1v) is 15.1. The third-order valence-corrected chi connectivity index (χ3v) is 9.95. The van der Waals surface area contributed by atoms with Crippen molar-refractivity contribution >= 4 is 11.7 Å². The summed E-state index contributed by atoms with van der Waals surface area (Å²) in [6.45, 7) is 20.5. The summed E-state index contributed by atoms with van der Waals surface area (Å²) in [6, 6.07) is 0. The first kappa shape index (κ1) is 26.0. The predicted octanol–water partition coefficient (Wildman–Crippen LogP) is 5.98. The summed E-state index contributed by atoms with van der Waals surface area (Å²) in [6.07, 6.45) is 19.2. The summed E-state index contributed by atoms with van der Waals surface area (Å²) in [7, 11) is 0. The fourth-order valence-corrected chi connectivity index (χ4v) is 7.14. The highest BCUT2D eigenvalue weighted by molar-refractivity contribution is 5.78. The number of amidine groups is 2. The minimum atomic E-state index is 0.361. The van der Waals surface area contributed by atoms with Crippen molar-refractivity contribution in [1.82, 2.24) is 9.80 Å². The van der Waals surface area contributed by atoms with Crippen LogP contribution in [-0.2, 0) is 0 Å². The molecule has 0 radical (unpaired) electrons. The van der Waals surface area contributed by atoms with Crippen LogP contribution in [0.5, 0.6) is 0 Å². The highest BCUT2D eigenvalue weighted by Gasteiger charge is 2.38. The van der Waals surface area contributed by atoms with Gasteiger partial charge in [0.25, 0.3) is 0 Å². The van der Waals surface area contributed by atoms with Crippen molar-refractivity contribution in [3.8, 4) is 0 Å². The Hall–Kier alpha value is -1.06. The third kappa shape index (κ3) is 6.38. The van der Waals surface area contributed by atoms with E-state index in [9.17, 15) is 0 Å². The molecule has 4 heteroatoms. The first-order chi connectivity index (χ1) is 16.4. The molecule has 0 aliphatic carbocycles. The van der Waals surface area contributed by atoms with E-state index in [0.717, 1.165) is 0 Å². The molecule has 0 unspecified atom stereocenters. The molecule has 194 valence electrons. The van der Waals surface area contributed by atoms with Crippen LogP contribution in [0.4, 0.5) is 0 Å². The topological polar surface area (TPSA) is 12.5 Å². The fourth-order valence-electron chi connectivity index (χ4n) is 7.14. The SMILES string of the molecule is CC(C)(C)C(C)(CCCN1CCC[N+]2=C1CCCCC2)CCCN1CCC[N+]2=C1CCCCC2. The average Bonchev–Trinajstić information content (AvgIpc) is 3.20. The van der Waals surface area contributed by atoms with E-state index in [1.807, 2.05) is 0 Å². The fraction of sp³-hybridized carbons (Fsp3) is 0.933. The van der Waals surface area contributed by atoms with Crippen LogP contribution in [-0.4, -0.2) is 83.0 Å². The van der Waals surface area contributed by atoms with Gasteiger partial charge < -0.3 is 0 Å². The van der Waals surface area contributed by atoms with Crippen molar-refractivity contribution < 1.29 is 9.15 Å². The molecule has 0 aromatic heterocycles. The van der Waals surface area contributed by atoms with Crippen molar-refractivity contribution in [3.63, 3.8) is 0 Å². The van der Waals surface area contributed by atoms with Crippen LogP contribution < -0.4 is 0 Å². The monoisotopic (exact) mass is 472 g/mol. The van der Waals surface area contributed by atoms with E-state index in [1.165, 1.54) is 142 Å². The van der Waals surface area contributed by atoms with Crippen LogP contribution in [0.2, 0.25) is 0 Å². The van der Waals surface area contributed by atoms with Gasteiger partial charge in [0, 0.05) is 25.7 Å². The Morgan fingerprint density at radius 2 is 1.03 bits per heavy atom. The molecule has 4 rings (SSSR count). The lowest BCUT2D eigenvalue weighted by Gasteiger charge is -2.43. The Morgan fingerprint density at radius 3 is 1.47 bits per heavy atom. The quantitative estimate of drug-likeness (QED) is 0.403. The van der Waals surface area contributed by atoms with E-state index in [4.69, 9.17) is 0 Å². The van der Waals surface area contributed by atoms with Gasteiger partial charge in [-0.1, -0.05) is 27.7 Å². The molecule has 0 fully saturated rings. The van der Waals surface area contributed by atoms with Crippen LogP contribution in [0.1, 0.15) is 118 Å². The lowest BCUT2D eigenvalue weighted by molar-refractivity contribution is -0.539. The van der Waals surface area contributed by atoms with Gasteiger partial charge in [-0.15, -0.1) is 0 Å². The van der Waals surface area contributed by atoms with Crippen LogP contribution >= 0.6 is 0 Å². The minimum Gasteiger partial charge on any atom is -0.266 e. The molecular formula is C30H56N4+2. The highest BCUT2D eigenvalue weighted by atomic mass is 15.3. The Balaban J connectivity index is 1.31. The summed E-state index contributed by atoms with van der Waals surface area (Å²) in [5.41, 5.74) is 0.778. The van der Waals surface area contributed by atoms with E-state index >= 15 is 0 Å². The molecule has 0 aromatic carbocycles. The standard InChI is InChI=1S/C30H56N4/c1-29(2,3)30(4,17-11-21-33-25-13-23-31-19-9-5-7-15-27(31)33)18-12-22-34-26-14-24-32-20-10-6-8-16-28(32)34/h5-26H2,1-4H3/q+2. The number of hydrogen-bond acceptors (Lipinski definition) is 2. The third-order valence-electron chi connectivity index (χ3n) is 9.95. The Labute approximate surface area is 211 Å². The largest absolute Gasteiger partial charge is 0.266 e. The predicted molar refractivity (Wildman–Crippen MR) is 145 cm³/mol. The van der Waals surface area contributed by atoms with Crippen molar-refractivity contribution in [2.24, 2.45) is 10.8 Å². The van der Waals surface area contributed by atoms with E-state index in [-0.39, 0.29) is 0 Å². The van der Waals surface area contributed by atoms with Gasteiger partial charge in [0.15, 0.2) is 0 Å². The van der Waals surface area contributed by atoms with Gasteiger partial charge in [-0.05, 0) is 75.0 Å². The zero-order chi connectivity index (χ0) is 24.0. The molecule has 4 aliphatic heterocycles. The summed E-state index contributed by atoms with van der Waals surface area (Å²) >= 11 is 0. The molecule has 0 atom stereocenters. The second-order valence-corrected chi connectivity index (χ2v) is 13.1. The Kier molecular flexibility index (Phi) is 9.02. The lowest BCUT2D eigenvalue weighted by Crippen LogP contribution is -2.45. The molecule has 34 heavy (non-hydrogen) atoms. The molecule has 4 nitrogen and oxygen atoms in total. The molecule has 0 saturated heterocycles. The summed E-state index contributed by atoms with van der Waals surface area (Å²) in [5.74, 6) is 3.38. The molecule has 0 spiro atoms. The molecule has 0 aromatic rings. The molecule has 4 aliphatic rings. The van der Waals surface area contributed by atoms with Crippen molar-refractivity contribution in [2.45, 2.75) is 118 Å². The Bertz CT molecular complexity index is 677. The van der Waals surface area contributed by atoms with E-state index in [2.05, 4.69) is 46.6 Å². The van der Waals surface area contributed by atoms with Crippen molar-refractivity contribution in [1.29, 1.82) is 0 Å². The first-order valence-electron chi connectivity index (χ1n) is 15.1. The summed E-state index contributed by atoms with van der Waals surface area (Å²) in [4.78, 5) is 5.56. The number of hydrogen-bond donors (Lipinski definition) is 0. The maximum atomic E-state index is 2.78. The number of nitrogens with zero attached hydrogens (tertiary/aromatic N) is 4. The second-order valence-electron chi connectivity index (χ2n) is 13.1. The molecular weight excluding hydrogens is 416 g/mol. The summed E-state index contributed by atoms with van der Waals surface area (Å²) in [5, 5.41) is 0. The zero-order valence-corrected chi connectivity index (χ0v) is 23.3. The van der Waals surface area contributed by atoms with E-state index < -0.39 is 0 Å². The van der Waals surface area contributed by atoms with Gasteiger partial charge in [0.1, 0.15) is 0 Å². The van der Waals surface area contributed by atoms with Gasteiger partial charge >= 0.3 is 0 Å². The van der Waals surface area contributed by atoms with Gasteiger partial charge in [0.2, 0.25) is 11.7 Å². The molecule has 0 saturated carbocycles. The molecule has 0 N–H and O–H groups in total. The summed E-state index contributed by atoms with van der Waals surface area (Å²) < 4.78 is 5.46. The second kappa shape index (κ2) is 11.8. The van der Waals surface area contributed by atoms with E-state index in [0.29, 0.717) is 10.8 Å². The van der Waals surface area contributed by atoms with Gasteiger partial charge in [-0.3, -0.25) is 19.0 Å². The lowest BCUT2D eigenvalue weighted by atomic mass is 9.63.